The van der Waals surface area contributed by atoms with Gasteiger partial charge in [-0.2, -0.15) is 0 Å². The summed E-state index contributed by atoms with van der Waals surface area (Å²) in [6.45, 7) is 10.4. The van der Waals surface area contributed by atoms with Gasteiger partial charge in [-0.05, 0) is 27.2 Å². The molecular formula is C13H25N3O2. The first-order chi connectivity index (χ1) is 8.51. The van der Waals surface area contributed by atoms with Gasteiger partial charge in [-0.15, -0.1) is 0 Å². The minimum Gasteiger partial charge on any atom is -0.379 e. The van der Waals surface area contributed by atoms with Gasteiger partial charge in [0.1, 0.15) is 0 Å². The van der Waals surface area contributed by atoms with Gasteiger partial charge in [0.2, 0.25) is 5.91 Å². The molecule has 0 radical (unpaired) electrons. The number of carbonyl (C=O) groups is 1. The predicted molar refractivity (Wildman–Crippen MR) is 70.5 cm³/mol. The third-order valence-corrected chi connectivity index (χ3v) is 4.07. The summed E-state index contributed by atoms with van der Waals surface area (Å²) in [5.74, 6) is 0.133. The molecule has 18 heavy (non-hydrogen) atoms. The summed E-state index contributed by atoms with van der Waals surface area (Å²) in [7, 11) is 0. The van der Waals surface area contributed by atoms with E-state index in [2.05, 4.69) is 22.5 Å². The molecule has 2 N–H and O–H groups in total. The number of hydrogen-bond acceptors (Lipinski definition) is 4. The molecule has 0 aromatic rings. The molecule has 2 unspecified atom stereocenters. The quantitative estimate of drug-likeness (QED) is 0.743. The van der Waals surface area contributed by atoms with Crippen molar-refractivity contribution in [3.8, 4) is 0 Å². The second-order valence-electron chi connectivity index (χ2n) is 5.82. The molecule has 0 aromatic carbocycles. The second kappa shape index (κ2) is 5.55. The van der Waals surface area contributed by atoms with Crippen LogP contribution in [0.25, 0.3) is 0 Å². The van der Waals surface area contributed by atoms with Crippen LogP contribution in [0.5, 0.6) is 0 Å². The standard InChI is InChI=1S/C13H25N3O2/c1-10(8-11-9-18-7-5-14-11)16-6-4-15-12(17)13(16,2)3/h10-11,14H,4-9H2,1-3H3,(H,15,17). The molecule has 1 amide bonds. The Labute approximate surface area is 109 Å². The van der Waals surface area contributed by atoms with Crippen LogP contribution in [0.3, 0.4) is 0 Å². The molecule has 2 aliphatic rings. The van der Waals surface area contributed by atoms with Crippen molar-refractivity contribution in [2.75, 3.05) is 32.8 Å². The Morgan fingerprint density at radius 3 is 2.94 bits per heavy atom. The largest absolute Gasteiger partial charge is 0.379 e. The molecule has 0 saturated carbocycles. The Kier molecular flexibility index (Phi) is 4.25. The molecule has 0 aromatic heterocycles. The molecule has 5 heteroatoms. The zero-order valence-corrected chi connectivity index (χ0v) is 11.7. The fourth-order valence-electron chi connectivity index (χ4n) is 3.00. The lowest BCUT2D eigenvalue weighted by Gasteiger charge is -2.45. The van der Waals surface area contributed by atoms with Gasteiger partial charge in [0.05, 0.1) is 18.8 Å². The molecule has 2 fully saturated rings. The molecule has 5 nitrogen and oxygen atoms in total. The summed E-state index contributed by atoms with van der Waals surface area (Å²) >= 11 is 0. The number of hydrogen-bond donors (Lipinski definition) is 2. The zero-order valence-electron chi connectivity index (χ0n) is 11.7. The maximum absolute atomic E-state index is 11.9. The van der Waals surface area contributed by atoms with E-state index in [1.165, 1.54) is 0 Å². The highest BCUT2D eigenvalue weighted by Crippen LogP contribution is 2.23. The maximum Gasteiger partial charge on any atom is 0.240 e. The topological polar surface area (TPSA) is 53.6 Å². The Balaban J connectivity index is 1.94. The Bertz CT molecular complexity index is 301. The van der Waals surface area contributed by atoms with E-state index in [1.54, 1.807) is 0 Å². The van der Waals surface area contributed by atoms with Gasteiger partial charge in [0, 0.05) is 31.7 Å². The van der Waals surface area contributed by atoms with E-state index < -0.39 is 5.54 Å². The smallest absolute Gasteiger partial charge is 0.240 e. The summed E-state index contributed by atoms with van der Waals surface area (Å²) in [5.41, 5.74) is -0.410. The third kappa shape index (κ3) is 2.84. The first kappa shape index (κ1) is 13.8. The van der Waals surface area contributed by atoms with E-state index in [4.69, 9.17) is 4.74 Å². The van der Waals surface area contributed by atoms with Crippen molar-refractivity contribution in [2.24, 2.45) is 0 Å². The van der Waals surface area contributed by atoms with Crippen LogP contribution in [-0.2, 0) is 9.53 Å². The number of carbonyl (C=O) groups excluding carboxylic acids is 1. The maximum atomic E-state index is 11.9. The summed E-state index contributed by atoms with van der Waals surface area (Å²) in [4.78, 5) is 14.2. The Morgan fingerprint density at radius 2 is 2.28 bits per heavy atom. The summed E-state index contributed by atoms with van der Waals surface area (Å²) < 4.78 is 5.48. The molecule has 2 heterocycles. The monoisotopic (exact) mass is 255 g/mol. The van der Waals surface area contributed by atoms with E-state index in [9.17, 15) is 4.79 Å². The number of ether oxygens (including phenoxy) is 1. The Morgan fingerprint density at radius 1 is 1.50 bits per heavy atom. The molecule has 2 aliphatic heterocycles. The van der Waals surface area contributed by atoms with Crippen LogP contribution < -0.4 is 10.6 Å². The number of rotatable bonds is 3. The van der Waals surface area contributed by atoms with E-state index in [0.717, 1.165) is 39.3 Å². The van der Waals surface area contributed by atoms with Crippen molar-refractivity contribution in [3.63, 3.8) is 0 Å². The summed E-state index contributed by atoms with van der Waals surface area (Å²) in [6.07, 6.45) is 1.02. The number of nitrogens with zero attached hydrogens (tertiary/aromatic N) is 1. The Hall–Kier alpha value is -0.650. The molecule has 0 spiro atoms. The predicted octanol–water partition coefficient (Wildman–Crippen LogP) is -0.0362. The zero-order chi connectivity index (χ0) is 13.2. The average molecular weight is 255 g/mol. The normalized spacial score (nSPS) is 30.8. The number of nitrogens with one attached hydrogen (secondary N) is 2. The van der Waals surface area contributed by atoms with Crippen LogP contribution in [0.1, 0.15) is 27.2 Å². The van der Waals surface area contributed by atoms with Crippen LogP contribution in [0.15, 0.2) is 0 Å². The fourth-order valence-corrected chi connectivity index (χ4v) is 3.00. The van der Waals surface area contributed by atoms with E-state index >= 15 is 0 Å². The van der Waals surface area contributed by atoms with Crippen LogP contribution in [0.2, 0.25) is 0 Å². The van der Waals surface area contributed by atoms with Crippen molar-refractivity contribution in [1.82, 2.24) is 15.5 Å². The minimum atomic E-state index is -0.410. The molecule has 2 saturated heterocycles. The average Bonchev–Trinajstić information content (AvgIpc) is 2.33. The van der Waals surface area contributed by atoms with Gasteiger partial charge in [-0.25, -0.2) is 0 Å². The number of morpholine rings is 1. The molecule has 0 bridgehead atoms. The van der Waals surface area contributed by atoms with Gasteiger partial charge in [0.25, 0.3) is 0 Å². The summed E-state index contributed by atoms with van der Waals surface area (Å²) in [5, 5.41) is 6.42. The molecule has 2 rings (SSSR count). The first-order valence-electron chi connectivity index (χ1n) is 6.88. The van der Waals surface area contributed by atoms with Crippen molar-refractivity contribution in [2.45, 2.75) is 44.8 Å². The summed E-state index contributed by atoms with van der Waals surface area (Å²) in [6, 6.07) is 0.791. The van der Waals surface area contributed by atoms with Crippen LogP contribution in [-0.4, -0.2) is 61.3 Å². The fraction of sp³-hybridized carbons (Fsp3) is 0.923. The van der Waals surface area contributed by atoms with Crippen LogP contribution >= 0.6 is 0 Å². The van der Waals surface area contributed by atoms with Crippen molar-refractivity contribution < 1.29 is 9.53 Å². The highest BCUT2D eigenvalue weighted by molar-refractivity contribution is 5.86. The SMILES string of the molecule is CC(CC1COCCN1)N1CCNC(=O)C1(C)C. The molecule has 2 atom stereocenters. The van der Waals surface area contributed by atoms with Gasteiger partial charge in [-0.3, -0.25) is 9.69 Å². The third-order valence-electron chi connectivity index (χ3n) is 4.07. The van der Waals surface area contributed by atoms with E-state index in [-0.39, 0.29) is 5.91 Å². The minimum absolute atomic E-state index is 0.133. The van der Waals surface area contributed by atoms with Gasteiger partial charge < -0.3 is 15.4 Å². The molecule has 104 valence electrons. The second-order valence-corrected chi connectivity index (χ2v) is 5.82. The van der Waals surface area contributed by atoms with Crippen molar-refractivity contribution in [3.05, 3.63) is 0 Å². The first-order valence-corrected chi connectivity index (χ1v) is 6.88. The lowest BCUT2D eigenvalue weighted by molar-refractivity contribution is -0.137. The van der Waals surface area contributed by atoms with E-state index in [1.807, 2.05) is 13.8 Å². The van der Waals surface area contributed by atoms with E-state index in [0.29, 0.717) is 12.1 Å². The number of piperazine rings is 1. The molecule has 0 aliphatic carbocycles. The van der Waals surface area contributed by atoms with Crippen molar-refractivity contribution in [1.29, 1.82) is 0 Å². The van der Waals surface area contributed by atoms with Gasteiger partial charge >= 0.3 is 0 Å². The highest BCUT2D eigenvalue weighted by atomic mass is 16.5. The lowest BCUT2D eigenvalue weighted by Crippen LogP contribution is -2.64. The van der Waals surface area contributed by atoms with Crippen LogP contribution in [0, 0.1) is 0 Å². The van der Waals surface area contributed by atoms with Gasteiger partial charge in [0.15, 0.2) is 0 Å². The number of amides is 1. The van der Waals surface area contributed by atoms with Gasteiger partial charge in [-0.1, -0.05) is 0 Å². The lowest BCUT2D eigenvalue weighted by atomic mass is 9.94. The van der Waals surface area contributed by atoms with Crippen LogP contribution in [0.4, 0.5) is 0 Å². The highest BCUT2D eigenvalue weighted by Gasteiger charge is 2.40. The van der Waals surface area contributed by atoms with Crippen molar-refractivity contribution >= 4 is 5.91 Å². The molecular weight excluding hydrogens is 230 g/mol.